The third kappa shape index (κ3) is 6.50. The van der Waals surface area contributed by atoms with Crippen molar-refractivity contribution < 1.29 is 22.4 Å². The largest absolute Gasteiger partial charge is 0.399 e. The van der Waals surface area contributed by atoms with Crippen LogP contribution in [0.3, 0.4) is 0 Å². The Kier molecular flexibility index (Phi) is 8.23. The lowest BCUT2D eigenvalue weighted by Gasteiger charge is -2.18. The van der Waals surface area contributed by atoms with Crippen molar-refractivity contribution in [3.63, 3.8) is 0 Å². The molecule has 0 spiro atoms. The second-order valence-corrected chi connectivity index (χ2v) is 8.65. The molecule has 1 amide bonds. The average Bonchev–Trinajstić information content (AvgIpc) is 2.76. The monoisotopic (exact) mass is 530 g/mol. The number of aryl methyl sites for hydroxylation is 1. The lowest BCUT2D eigenvalue weighted by atomic mass is 9.96. The molecule has 0 bridgehead atoms. The highest BCUT2D eigenvalue weighted by atomic mass is 35.5. The van der Waals surface area contributed by atoms with Crippen molar-refractivity contribution in [3.05, 3.63) is 104 Å². The Morgan fingerprint density at radius 1 is 1.09 bits per heavy atom. The van der Waals surface area contributed by atoms with Gasteiger partial charge < -0.3 is 5.32 Å². The van der Waals surface area contributed by atoms with Gasteiger partial charge in [-0.15, -0.1) is 0 Å². The summed E-state index contributed by atoms with van der Waals surface area (Å²) < 4.78 is 54.6. The van der Waals surface area contributed by atoms with E-state index in [1.807, 2.05) is 0 Å². The first-order chi connectivity index (χ1) is 16.0. The normalized spacial score (nSPS) is 12.7. The van der Waals surface area contributed by atoms with Crippen molar-refractivity contribution in [3.8, 4) is 0 Å². The number of amides is 1. The maximum Gasteiger partial charge on any atom is 0.399 e. The van der Waals surface area contributed by atoms with E-state index in [0.29, 0.717) is 27.4 Å². The lowest BCUT2D eigenvalue weighted by Crippen LogP contribution is -2.24. The number of hydrogen-bond donors (Lipinski definition) is 1. The standard InChI is InChI=1S/C24H17Cl3F4N2O/c1-13-8-14(2-6-18(13)23(34)33-12-17-5-4-16(25)11-32-17)3-7-19(24(29,30)31)15-9-20(26)22(28)21(27)10-15/h2-11,19H,12H2,1H3,(H,33,34)/b7-3+. The van der Waals surface area contributed by atoms with Crippen molar-refractivity contribution in [2.45, 2.75) is 25.6 Å². The number of benzene rings is 2. The first-order valence-corrected chi connectivity index (χ1v) is 11.0. The van der Waals surface area contributed by atoms with Gasteiger partial charge in [-0.25, -0.2) is 4.39 Å². The van der Waals surface area contributed by atoms with Crippen LogP contribution in [0.25, 0.3) is 6.08 Å². The number of allylic oxidation sites excluding steroid dienone is 1. The Bertz CT molecular complexity index is 1200. The van der Waals surface area contributed by atoms with Crippen molar-refractivity contribution in [1.29, 1.82) is 0 Å². The highest BCUT2D eigenvalue weighted by molar-refractivity contribution is 6.35. The topological polar surface area (TPSA) is 42.0 Å². The second-order valence-electron chi connectivity index (χ2n) is 7.40. The lowest BCUT2D eigenvalue weighted by molar-refractivity contribution is -0.139. The predicted molar refractivity (Wildman–Crippen MR) is 126 cm³/mol. The second kappa shape index (κ2) is 10.8. The Balaban J connectivity index is 1.77. The fourth-order valence-electron chi connectivity index (χ4n) is 3.19. The zero-order valence-corrected chi connectivity index (χ0v) is 19.8. The molecule has 1 heterocycles. The van der Waals surface area contributed by atoms with Gasteiger partial charge in [-0.2, -0.15) is 13.2 Å². The minimum Gasteiger partial charge on any atom is -0.346 e. The van der Waals surface area contributed by atoms with Crippen molar-refractivity contribution in [1.82, 2.24) is 10.3 Å². The molecule has 0 fully saturated rings. The van der Waals surface area contributed by atoms with E-state index in [1.54, 1.807) is 25.1 Å². The van der Waals surface area contributed by atoms with Gasteiger partial charge in [0.2, 0.25) is 0 Å². The molecular formula is C24H17Cl3F4N2O. The fraction of sp³-hybridized carbons (Fsp3) is 0.167. The smallest absolute Gasteiger partial charge is 0.346 e. The van der Waals surface area contributed by atoms with E-state index in [-0.39, 0.29) is 18.0 Å². The van der Waals surface area contributed by atoms with Gasteiger partial charge in [-0.1, -0.05) is 59.1 Å². The minimum atomic E-state index is -4.66. The van der Waals surface area contributed by atoms with Crippen LogP contribution in [0.15, 0.2) is 54.7 Å². The van der Waals surface area contributed by atoms with Crippen LogP contribution >= 0.6 is 34.8 Å². The SMILES string of the molecule is Cc1cc(/C=C/C(c2cc(Cl)c(F)c(Cl)c2)C(F)(F)F)ccc1C(=O)NCc1ccc(Cl)cn1. The van der Waals surface area contributed by atoms with Crippen LogP contribution in [-0.2, 0) is 6.54 Å². The molecular weight excluding hydrogens is 515 g/mol. The minimum absolute atomic E-state index is 0.188. The van der Waals surface area contributed by atoms with Gasteiger partial charge in [0.25, 0.3) is 5.91 Å². The van der Waals surface area contributed by atoms with Crippen molar-refractivity contribution in [2.24, 2.45) is 0 Å². The van der Waals surface area contributed by atoms with Crippen LogP contribution in [0.2, 0.25) is 15.1 Å². The molecule has 0 aliphatic rings. The van der Waals surface area contributed by atoms with E-state index < -0.39 is 28.0 Å². The zero-order valence-electron chi connectivity index (χ0n) is 17.6. The van der Waals surface area contributed by atoms with E-state index in [9.17, 15) is 22.4 Å². The molecule has 1 unspecified atom stereocenters. The maximum atomic E-state index is 13.7. The van der Waals surface area contributed by atoms with Crippen LogP contribution in [0.4, 0.5) is 17.6 Å². The summed E-state index contributed by atoms with van der Waals surface area (Å²) in [6.07, 6.45) is -0.987. The van der Waals surface area contributed by atoms with E-state index in [1.165, 1.54) is 24.4 Å². The summed E-state index contributed by atoms with van der Waals surface area (Å²) in [5, 5.41) is 2.22. The molecule has 3 rings (SSSR count). The number of aromatic nitrogens is 1. The molecule has 0 radical (unpaired) electrons. The summed E-state index contributed by atoms with van der Waals surface area (Å²) in [4.78, 5) is 16.6. The van der Waals surface area contributed by atoms with E-state index in [2.05, 4.69) is 10.3 Å². The molecule has 178 valence electrons. The summed E-state index contributed by atoms with van der Waals surface area (Å²) in [7, 11) is 0. The fourth-order valence-corrected chi connectivity index (χ4v) is 3.81. The molecule has 3 aromatic rings. The molecule has 2 aromatic carbocycles. The molecule has 10 heteroatoms. The molecule has 1 aromatic heterocycles. The Labute approximate surface area is 208 Å². The number of pyridine rings is 1. The molecule has 3 nitrogen and oxygen atoms in total. The van der Waals surface area contributed by atoms with Gasteiger partial charge in [-0.3, -0.25) is 9.78 Å². The van der Waals surface area contributed by atoms with Crippen LogP contribution in [0.5, 0.6) is 0 Å². The summed E-state index contributed by atoms with van der Waals surface area (Å²) in [6, 6.07) is 9.78. The van der Waals surface area contributed by atoms with Crippen molar-refractivity contribution in [2.75, 3.05) is 0 Å². The molecule has 34 heavy (non-hydrogen) atoms. The van der Waals surface area contributed by atoms with Gasteiger partial charge in [0.05, 0.1) is 33.2 Å². The third-order valence-corrected chi connectivity index (χ3v) is 5.69. The molecule has 1 N–H and O–H groups in total. The summed E-state index contributed by atoms with van der Waals surface area (Å²) >= 11 is 17.1. The molecule has 0 aliphatic carbocycles. The number of carbonyl (C=O) groups excluding carboxylic acids is 1. The average molecular weight is 532 g/mol. The van der Waals surface area contributed by atoms with Gasteiger partial charge in [0.15, 0.2) is 5.82 Å². The van der Waals surface area contributed by atoms with E-state index in [4.69, 9.17) is 34.8 Å². The van der Waals surface area contributed by atoms with Crippen LogP contribution in [-0.4, -0.2) is 17.1 Å². The predicted octanol–water partition coefficient (Wildman–Crippen LogP) is 7.78. The van der Waals surface area contributed by atoms with Crippen molar-refractivity contribution >= 4 is 46.8 Å². The van der Waals surface area contributed by atoms with Crippen LogP contribution < -0.4 is 5.32 Å². The van der Waals surface area contributed by atoms with E-state index >= 15 is 0 Å². The van der Waals surface area contributed by atoms with Crippen LogP contribution in [0, 0.1) is 12.7 Å². The number of rotatable bonds is 6. The third-order valence-electron chi connectivity index (χ3n) is 4.91. The molecule has 0 saturated heterocycles. The summed E-state index contributed by atoms with van der Waals surface area (Å²) in [5.41, 5.74) is 1.72. The number of nitrogens with zero attached hydrogens (tertiary/aromatic N) is 1. The zero-order chi connectivity index (χ0) is 25.0. The first kappa shape index (κ1) is 26.0. The molecule has 0 saturated carbocycles. The number of nitrogens with one attached hydrogen (secondary N) is 1. The van der Waals surface area contributed by atoms with Gasteiger partial charge in [0.1, 0.15) is 0 Å². The number of carbonyl (C=O) groups is 1. The van der Waals surface area contributed by atoms with Gasteiger partial charge >= 0.3 is 6.18 Å². The number of halogens is 7. The summed E-state index contributed by atoms with van der Waals surface area (Å²) in [5.74, 6) is -3.39. The number of alkyl halides is 3. The highest BCUT2D eigenvalue weighted by Gasteiger charge is 2.39. The quantitative estimate of drug-likeness (QED) is 0.261. The highest BCUT2D eigenvalue weighted by Crippen LogP contribution is 2.39. The molecule has 1 atom stereocenters. The molecule has 0 aliphatic heterocycles. The van der Waals surface area contributed by atoms with Crippen LogP contribution in [0.1, 0.15) is 38.7 Å². The maximum absolute atomic E-state index is 13.7. The van der Waals surface area contributed by atoms with E-state index in [0.717, 1.165) is 18.2 Å². The summed E-state index contributed by atoms with van der Waals surface area (Å²) in [6.45, 7) is 1.86. The Morgan fingerprint density at radius 3 is 2.32 bits per heavy atom. The first-order valence-electron chi connectivity index (χ1n) is 9.84. The Morgan fingerprint density at radius 2 is 1.76 bits per heavy atom. The van der Waals surface area contributed by atoms with Gasteiger partial charge in [0, 0.05) is 11.8 Å². The number of hydrogen-bond acceptors (Lipinski definition) is 2. The van der Waals surface area contributed by atoms with Gasteiger partial charge in [-0.05, 0) is 53.9 Å². The Hall–Kier alpha value is -2.61.